The summed E-state index contributed by atoms with van der Waals surface area (Å²) in [5.74, 6) is 1.61. The molecule has 0 atom stereocenters. The highest BCUT2D eigenvalue weighted by Gasteiger charge is 2.11. The quantitative estimate of drug-likeness (QED) is 0.653. The zero-order chi connectivity index (χ0) is 18.8. The number of nitrogens with zero attached hydrogens (tertiary/aromatic N) is 3. The topological polar surface area (TPSA) is 74.3 Å². The van der Waals surface area contributed by atoms with Gasteiger partial charge in [-0.2, -0.15) is 10.2 Å². The summed E-state index contributed by atoms with van der Waals surface area (Å²) in [4.78, 5) is 6.57. The van der Waals surface area contributed by atoms with Crippen molar-refractivity contribution < 1.29 is 9.15 Å². The van der Waals surface area contributed by atoms with E-state index in [2.05, 4.69) is 35.1 Å². The molecular formula is C20H26N4O2. The van der Waals surface area contributed by atoms with Gasteiger partial charge < -0.3 is 19.4 Å². The third kappa shape index (κ3) is 5.64. The maximum absolute atomic E-state index is 9.24. The Balaban J connectivity index is 1.97. The van der Waals surface area contributed by atoms with Crippen molar-refractivity contribution in [2.75, 3.05) is 38.6 Å². The second-order valence-corrected chi connectivity index (χ2v) is 5.76. The highest BCUT2D eigenvalue weighted by molar-refractivity contribution is 5.67. The van der Waals surface area contributed by atoms with E-state index in [1.54, 1.807) is 13.2 Å². The number of rotatable bonds is 10. The van der Waals surface area contributed by atoms with Crippen LogP contribution in [0.5, 0.6) is 5.75 Å². The van der Waals surface area contributed by atoms with Gasteiger partial charge in [-0.15, -0.1) is 0 Å². The van der Waals surface area contributed by atoms with E-state index >= 15 is 0 Å². The number of benzene rings is 1. The molecule has 1 heterocycles. The minimum absolute atomic E-state index is 0.276. The average molecular weight is 354 g/mol. The third-order valence-electron chi connectivity index (χ3n) is 4.09. The van der Waals surface area contributed by atoms with Crippen LogP contribution >= 0.6 is 0 Å². The summed E-state index contributed by atoms with van der Waals surface area (Å²) in [5, 5.41) is 12.4. The van der Waals surface area contributed by atoms with Crippen LogP contribution in [0.15, 0.2) is 28.7 Å². The monoisotopic (exact) mass is 354 g/mol. The first-order valence-electron chi connectivity index (χ1n) is 8.89. The Morgan fingerprint density at radius 2 is 2.12 bits per heavy atom. The largest absolute Gasteiger partial charge is 0.497 e. The molecule has 0 amide bonds. The van der Waals surface area contributed by atoms with Crippen molar-refractivity contribution in [1.29, 1.82) is 5.26 Å². The lowest BCUT2D eigenvalue weighted by Crippen LogP contribution is -2.25. The van der Waals surface area contributed by atoms with E-state index in [-0.39, 0.29) is 5.69 Å². The van der Waals surface area contributed by atoms with Crippen LogP contribution in [0, 0.1) is 11.3 Å². The molecule has 0 radical (unpaired) electrons. The molecule has 0 saturated heterocycles. The fraction of sp³-hybridized carbons (Fsp3) is 0.400. The fourth-order valence-electron chi connectivity index (χ4n) is 2.56. The van der Waals surface area contributed by atoms with Crippen LogP contribution in [0.2, 0.25) is 0 Å². The predicted octanol–water partition coefficient (Wildman–Crippen LogP) is 3.87. The Kier molecular flexibility index (Phi) is 7.72. The molecule has 2 aromatic rings. The van der Waals surface area contributed by atoms with Crippen LogP contribution in [-0.2, 0) is 0 Å². The summed E-state index contributed by atoms with van der Waals surface area (Å²) in [6.07, 6.45) is 4.60. The molecular weight excluding hydrogens is 328 g/mol. The maximum atomic E-state index is 9.24. The van der Waals surface area contributed by atoms with Gasteiger partial charge in [0.1, 0.15) is 11.8 Å². The molecule has 0 spiro atoms. The average Bonchev–Trinajstić information content (AvgIpc) is 3.09. The number of oxazole rings is 1. The summed E-state index contributed by atoms with van der Waals surface area (Å²) in [5.41, 5.74) is 1.24. The van der Waals surface area contributed by atoms with Crippen molar-refractivity contribution in [3.8, 4) is 11.8 Å². The van der Waals surface area contributed by atoms with Gasteiger partial charge in [0.2, 0.25) is 17.5 Å². The summed E-state index contributed by atoms with van der Waals surface area (Å²) < 4.78 is 10.9. The molecule has 0 bridgehead atoms. The van der Waals surface area contributed by atoms with Crippen molar-refractivity contribution in [2.45, 2.75) is 20.3 Å². The first kappa shape index (κ1) is 19.5. The molecule has 2 rings (SSSR count). The van der Waals surface area contributed by atoms with E-state index in [0.29, 0.717) is 11.8 Å². The molecule has 0 saturated carbocycles. The molecule has 1 aromatic heterocycles. The SMILES string of the molecule is CCN(CC)CCCNc1oc(/C=C/c2cccc(OC)c2)nc1C#N. The highest BCUT2D eigenvalue weighted by atomic mass is 16.5. The Hall–Kier alpha value is -2.78. The van der Waals surface area contributed by atoms with Gasteiger partial charge in [-0.25, -0.2) is 0 Å². The van der Waals surface area contributed by atoms with Crippen LogP contribution in [0.25, 0.3) is 12.2 Å². The van der Waals surface area contributed by atoms with E-state index in [1.807, 2.05) is 30.3 Å². The second kappa shape index (κ2) is 10.3. The second-order valence-electron chi connectivity index (χ2n) is 5.76. The highest BCUT2D eigenvalue weighted by Crippen LogP contribution is 2.19. The van der Waals surface area contributed by atoms with E-state index in [4.69, 9.17) is 9.15 Å². The molecule has 0 fully saturated rings. The molecule has 26 heavy (non-hydrogen) atoms. The number of nitrogens with one attached hydrogen (secondary N) is 1. The number of methoxy groups -OCH3 is 1. The van der Waals surface area contributed by atoms with Crippen LogP contribution in [-0.4, -0.2) is 43.2 Å². The molecule has 1 N–H and O–H groups in total. The number of anilines is 1. The van der Waals surface area contributed by atoms with Crippen molar-refractivity contribution in [3.63, 3.8) is 0 Å². The molecule has 0 aliphatic carbocycles. The number of aromatic nitrogens is 1. The first-order valence-corrected chi connectivity index (χ1v) is 8.89. The molecule has 0 aliphatic heterocycles. The summed E-state index contributed by atoms with van der Waals surface area (Å²) in [6.45, 7) is 8.14. The Morgan fingerprint density at radius 1 is 1.31 bits per heavy atom. The van der Waals surface area contributed by atoms with E-state index in [1.165, 1.54) is 0 Å². The predicted molar refractivity (Wildman–Crippen MR) is 104 cm³/mol. The lowest BCUT2D eigenvalue weighted by atomic mass is 10.2. The Bertz CT molecular complexity index is 757. The normalized spacial score (nSPS) is 11.0. The number of nitriles is 1. The van der Waals surface area contributed by atoms with Crippen LogP contribution < -0.4 is 10.1 Å². The van der Waals surface area contributed by atoms with Gasteiger partial charge in [0.25, 0.3) is 0 Å². The molecule has 0 unspecified atom stereocenters. The Labute approximate surface area is 155 Å². The van der Waals surface area contributed by atoms with Gasteiger partial charge in [-0.1, -0.05) is 26.0 Å². The minimum Gasteiger partial charge on any atom is -0.497 e. The molecule has 138 valence electrons. The van der Waals surface area contributed by atoms with Gasteiger partial charge >= 0.3 is 0 Å². The Morgan fingerprint density at radius 3 is 2.81 bits per heavy atom. The lowest BCUT2D eigenvalue weighted by Gasteiger charge is -2.17. The van der Waals surface area contributed by atoms with Crippen LogP contribution in [0.4, 0.5) is 5.88 Å². The zero-order valence-electron chi connectivity index (χ0n) is 15.7. The van der Waals surface area contributed by atoms with Crippen molar-refractivity contribution >= 4 is 18.0 Å². The van der Waals surface area contributed by atoms with Gasteiger partial charge in [-0.3, -0.25) is 0 Å². The minimum atomic E-state index is 0.276. The maximum Gasteiger partial charge on any atom is 0.232 e. The number of hydrogen-bond acceptors (Lipinski definition) is 6. The van der Waals surface area contributed by atoms with Gasteiger partial charge in [-0.05, 0) is 49.8 Å². The first-order chi connectivity index (χ1) is 12.7. The lowest BCUT2D eigenvalue weighted by molar-refractivity contribution is 0.302. The van der Waals surface area contributed by atoms with Crippen molar-refractivity contribution in [1.82, 2.24) is 9.88 Å². The van der Waals surface area contributed by atoms with Gasteiger partial charge in [0, 0.05) is 12.6 Å². The zero-order valence-corrected chi connectivity index (χ0v) is 15.7. The summed E-state index contributed by atoms with van der Waals surface area (Å²) in [7, 11) is 1.63. The van der Waals surface area contributed by atoms with E-state index < -0.39 is 0 Å². The summed E-state index contributed by atoms with van der Waals surface area (Å²) in [6, 6.07) is 9.74. The van der Waals surface area contributed by atoms with Gasteiger partial charge in [0.05, 0.1) is 7.11 Å². The van der Waals surface area contributed by atoms with Crippen molar-refractivity contribution in [2.24, 2.45) is 0 Å². The summed E-state index contributed by atoms with van der Waals surface area (Å²) >= 11 is 0. The molecule has 0 aliphatic rings. The van der Waals surface area contributed by atoms with Crippen LogP contribution in [0.3, 0.4) is 0 Å². The molecule has 6 heteroatoms. The number of hydrogen-bond donors (Lipinski definition) is 1. The third-order valence-corrected chi connectivity index (χ3v) is 4.09. The smallest absolute Gasteiger partial charge is 0.232 e. The number of ether oxygens (including phenoxy) is 1. The molecule has 6 nitrogen and oxygen atoms in total. The van der Waals surface area contributed by atoms with E-state index in [9.17, 15) is 5.26 Å². The van der Waals surface area contributed by atoms with Crippen LogP contribution in [0.1, 0.15) is 37.4 Å². The van der Waals surface area contributed by atoms with E-state index in [0.717, 1.165) is 43.9 Å². The fourth-order valence-corrected chi connectivity index (χ4v) is 2.56. The van der Waals surface area contributed by atoms with Gasteiger partial charge in [0.15, 0.2) is 0 Å². The molecule has 1 aromatic carbocycles. The standard InChI is InChI=1S/C20H26N4O2/c1-4-24(5-2)13-7-12-22-20-18(15-21)23-19(26-20)11-10-16-8-6-9-17(14-16)25-3/h6,8-11,14,22H,4-5,7,12-13H2,1-3H3/b11-10+. The van der Waals surface area contributed by atoms with Crippen molar-refractivity contribution in [3.05, 3.63) is 41.4 Å².